The Kier molecular flexibility index (Phi) is 6.01. The molecule has 0 bridgehead atoms. The lowest BCUT2D eigenvalue weighted by Crippen LogP contribution is -2.20. The number of cyclic esters (lactones) is 1. The van der Waals surface area contributed by atoms with Crippen molar-refractivity contribution in [3.8, 4) is 0 Å². The van der Waals surface area contributed by atoms with Crippen molar-refractivity contribution < 1.29 is 19.1 Å². The normalized spacial score (nSPS) is 23.5. The predicted octanol–water partition coefficient (Wildman–Crippen LogP) is 2.45. The summed E-state index contributed by atoms with van der Waals surface area (Å²) < 4.78 is 9.73. The van der Waals surface area contributed by atoms with E-state index in [1.807, 2.05) is 0 Å². The molecule has 0 aromatic carbocycles. The van der Waals surface area contributed by atoms with Crippen LogP contribution in [-0.2, 0) is 19.1 Å². The molecule has 98 valence electrons. The fourth-order valence-corrected chi connectivity index (χ4v) is 2.14. The van der Waals surface area contributed by atoms with Crippen LogP contribution in [0.2, 0.25) is 0 Å². The summed E-state index contributed by atoms with van der Waals surface area (Å²) in [5, 5.41) is 0. The van der Waals surface area contributed by atoms with Crippen molar-refractivity contribution >= 4 is 11.9 Å². The van der Waals surface area contributed by atoms with Crippen LogP contribution in [0.4, 0.5) is 0 Å². The van der Waals surface area contributed by atoms with Gasteiger partial charge in [-0.1, -0.05) is 32.6 Å². The fourth-order valence-electron chi connectivity index (χ4n) is 2.14. The van der Waals surface area contributed by atoms with E-state index in [0.29, 0.717) is 6.42 Å². The third-order valence-electron chi connectivity index (χ3n) is 3.18. The maximum absolute atomic E-state index is 11.4. The highest BCUT2D eigenvalue weighted by atomic mass is 16.6. The first kappa shape index (κ1) is 14.0. The predicted molar refractivity (Wildman–Crippen MR) is 63.4 cm³/mol. The fraction of sp³-hybridized carbons (Fsp3) is 0.846. The molecule has 1 fully saturated rings. The highest BCUT2D eigenvalue weighted by Gasteiger charge is 2.39. The molecule has 0 aromatic rings. The van der Waals surface area contributed by atoms with Gasteiger partial charge < -0.3 is 9.47 Å². The SMILES string of the molecule is CCCCCCCC1CC(C(=O)OC)C(=O)O1. The lowest BCUT2D eigenvalue weighted by Gasteiger charge is -2.07. The second kappa shape index (κ2) is 7.30. The molecule has 1 aliphatic heterocycles. The first-order valence-electron chi connectivity index (χ1n) is 6.47. The van der Waals surface area contributed by atoms with Crippen LogP contribution in [-0.4, -0.2) is 25.2 Å². The summed E-state index contributed by atoms with van der Waals surface area (Å²) in [5.41, 5.74) is 0. The number of methoxy groups -OCH3 is 1. The molecule has 0 radical (unpaired) electrons. The summed E-state index contributed by atoms with van der Waals surface area (Å²) in [6, 6.07) is 0. The Bertz CT molecular complexity index is 262. The largest absolute Gasteiger partial charge is 0.468 e. The Hall–Kier alpha value is -1.06. The molecular weight excluding hydrogens is 220 g/mol. The maximum atomic E-state index is 11.4. The molecular formula is C13H22O4. The van der Waals surface area contributed by atoms with Crippen molar-refractivity contribution in [3.63, 3.8) is 0 Å². The average molecular weight is 242 g/mol. The third-order valence-corrected chi connectivity index (χ3v) is 3.18. The van der Waals surface area contributed by atoms with Gasteiger partial charge in [0.15, 0.2) is 5.92 Å². The minimum atomic E-state index is -0.694. The second-order valence-electron chi connectivity index (χ2n) is 4.57. The van der Waals surface area contributed by atoms with E-state index in [9.17, 15) is 9.59 Å². The zero-order chi connectivity index (χ0) is 12.7. The quantitative estimate of drug-likeness (QED) is 0.391. The summed E-state index contributed by atoms with van der Waals surface area (Å²) in [5.74, 6) is -1.58. The van der Waals surface area contributed by atoms with Crippen LogP contribution in [0.15, 0.2) is 0 Å². The molecule has 2 atom stereocenters. The molecule has 0 aromatic heterocycles. The molecule has 17 heavy (non-hydrogen) atoms. The Labute approximate surface area is 103 Å². The van der Waals surface area contributed by atoms with Crippen molar-refractivity contribution in [1.82, 2.24) is 0 Å². The highest BCUT2D eigenvalue weighted by Crippen LogP contribution is 2.26. The van der Waals surface area contributed by atoms with Gasteiger partial charge in [-0.25, -0.2) is 0 Å². The van der Waals surface area contributed by atoms with Crippen molar-refractivity contribution in [2.75, 3.05) is 7.11 Å². The van der Waals surface area contributed by atoms with Crippen LogP contribution in [0.25, 0.3) is 0 Å². The van der Waals surface area contributed by atoms with Crippen LogP contribution >= 0.6 is 0 Å². The summed E-state index contributed by atoms with van der Waals surface area (Å²) in [6.07, 6.45) is 7.21. The van der Waals surface area contributed by atoms with E-state index in [1.54, 1.807) is 0 Å². The molecule has 0 spiro atoms. The molecule has 4 heteroatoms. The Morgan fingerprint density at radius 1 is 1.35 bits per heavy atom. The van der Waals surface area contributed by atoms with Gasteiger partial charge in [0, 0.05) is 6.42 Å². The standard InChI is InChI=1S/C13H22O4/c1-3-4-5-6-7-8-10-9-11(12(14)16-2)13(15)17-10/h10-11H,3-9H2,1-2H3. The van der Waals surface area contributed by atoms with Crippen molar-refractivity contribution in [2.45, 2.75) is 58.0 Å². The molecule has 2 unspecified atom stereocenters. The zero-order valence-electron chi connectivity index (χ0n) is 10.7. The van der Waals surface area contributed by atoms with Crippen LogP contribution in [0.5, 0.6) is 0 Å². The average Bonchev–Trinajstić information content (AvgIpc) is 2.69. The zero-order valence-corrected chi connectivity index (χ0v) is 10.7. The Balaban J connectivity index is 2.20. The van der Waals surface area contributed by atoms with Gasteiger partial charge in [-0.05, 0) is 12.8 Å². The Morgan fingerprint density at radius 2 is 2.06 bits per heavy atom. The lowest BCUT2D eigenvalue weighted by molar-refractivity contribution is -0.154. The van der Waals surface area contributed by atoms with Crippen LogP contribution < -0.4 is 0 Å². The summed E-state index contributed by atoms with van der Waals surface area (Å²) in [7, 11) is 1.30. The molecule has 0 amide bonds. The third kappa shape index (κ3) is 4.36. The molecule has 1 heterocycles. The van der Waals surface area contributed by atoms with E-state index in [4.69, 9.17) is 4.74 Å². The lowest BCUT2D eigenvalue weighted by atomic mass is 10.0. The number of carbonyl (C=O) groups is 2. The molecule has 4 nitrogen and oxygen atoms in total. The molecule has 0 aliphatic carbocycles. The number of rotatable bonds is 7. The van der Waals surface area contributed by atoms with E-state index in [-0.39, 0.29) is 6.10 Å². The number of esters is 2. The Morgan fingerprint density at radius 3 is 2.71 bits per heavy atom. The van der Waals surface area contributed by atoms with Crippen molar-refractivity contribution in [3.05, 3.63) is 0 Å². The number of ether oxygens (including phenoxy) is 2. The van der Waals surface area contributed by atoms with Gasteiger partial charge in [-0.2, -0.15) is 0 Å². The van der Waals surface area contributed by atoms with Gasteiger partial charge in [-0.3, -0.25) is 9.59 Å². The minimum Gasteiger partial charge on any atom is -0.468 e. The number of carbonyl (C=O) groups excluding carboxylic acids is 2. The van der Waals surface area contributed by atoms with Crippen LogP contribution in [0.1, 0.15) is 51.9 Å². The van der Waals surface area contributed by atoms with Crippen molar-refractivity contribution in [2.24, 2.45) is 5.92 Å². The maximum Gasteiger partial charge on any atom is 0.320 e. The van der Waals surface area contributed by atoms with Crippen LogP contribution in [0, 0.1) is 5.92 Å². The van der Waals surface area contributed by atoms with E-state index in [0.717, 1.165) is 12.8 Å². The molecule has 0 N–H and O–H groups in total. The number of unbranched alkanes of at least 4 members (excludes halogenated alkanes) is 4. The summed E-state index contributed by atoms with van der Waals surface area (Å²) >= 11 is 0. The molecule has 1 rings (SSSR count). The van der Waals surface area contributed by atoms with Gasteiger partial charge in [0.05, 0.1) is 7.11 Å². The molecule has 1 aliphatic rings. The molecule has 0 saturated carbocycles. The number of hydrogen-bond acceptors (Lipinski definition) is 4. The molecule has 1 saturated heterocycles. The topological polar surface area (TPSA) is 52.6 Å². The first-order valence-corrected chi connectivity index (χ1v) is 6.47. The van der Waals surface area contributed by atoms with E-state index in [1.165, 1.54) is 32.8 Å². The van der Waals surface area contributed by atoms with Crippen molar-refractivity contribution in [1.29, 1.82) is 0 Å². The van der Waals surface area contributed by atoms with E-state index in [2.05, 4.69) is 11.7 Å². The van der Waals surface area contributed by atoms with E-state index < -0.39 is 17.9 Å². The summed E-state index contributed by atoms with van der Waals surface area (Å²) in [4.78, 5) is 22.7. The first-order chi connectivity index (χ1) is 8.19. The smallest absolute Gasteiger partial charge is 0.320 e. The highest BCUT2D eigenvalue weighted by molar-refractivity contribution is 5.96. The summed E-state index contributed by atoms with van der Waals surface area (Å²) in [6.45, 7) is 2.18. The van der Waals surface area contributed by atoms with Gasteiger partial charge in [0.2, 0.25) is 0 Å². The van der Waals surface area contributed by atoms with Gasteiger partial charge in [0.25, 0.3) is 0 Å². The minimum absolute atomic E-state index is 0.0896. The van der Waals surface area contributed by atoms with Crippen LogP contribution in [0.3, 0.4) is 0 Å². The second-order valence-corrected chi connectivity index (χ2v) is 4.57. The van der Waals surface area contributed by atoms with E-state index >= 15 is 0 Å². The monoisotopic (exact) mass is 242 g/mol. The van der Waals surface area contributed by atoms with Gasteiger partial charge >= 0.3 is 11.9 Å². The van der Waals surface area contributed by atoms with Gasteiger partial charge in [0.1, 0.15) is 6.10 Å². The van der Waals surface area contributed by atoms with Gasteiger partial charge in [-0.15, -0.1) is 0 Å². The number of hydrogen-bond donors (Lipinski definition) is 0.